The zero-order valence-electron chi connectivity index (χ0n) is 14.8. The molecule has 0 aliphatic heterocycles. The summed E-state index contributed by atoms with van der Waals surface area (Å²) in [6, 6.07) is 9.37. The van der Waals surface area contributed by atoms with Crippen molar-refractivity contribution in [3.8, 4) is 5.75 Å². The van der Waals surface area contributed by atoms with Crippen LogP contribution in [0.3, 0.4) is 0 Å². The van der Waals surface area contributed by atoms with E-state index in [9.17, 15) is 13.2 Å². The minimum Gasteiger partial charge on any atom is -0.487 e. The quantitative estimate of drug-likeness (QED) is 0.696. The Bertz CT molecular complexity index is 808. The van der Waals surface area contributed by atoms with E-state index in [0.717, 1.165) is 0 Å². The van der Waals surface area contributed by atoms with Gasteiger partial charge in [-0.2, -0.15) is 0 Å². The number of amides is 1. The van der Waals surface area contributed by atoms with E-state index in [1.165, 1.54) is 24.3 Å². The number of pyridine rings is 1. The second kappa shape index (κ2) is 9.30. The fourth-order valence-electron chi connectivity index (χ4n) is 2.13. The average molecular weight is 377 g/mol. The molecule has 0 fully saturated rings. The predicted molar refractivity (Wildman–Crippen MR) is 98.6 cm³/mol. The Morgan fingerprint density at radius 1 is 1.23 bits per heavy atom. The number of nitrogens with zero attached hydrogens (tertiary/aromatic N) is 1. The Morgan fingerprint density at radius 2 is 1.96 bits per heavy atom. The zero-order valence-corrected chi connectivity index (χ0v) is 15.6. The summed E-state index contributed by atoms with van der Waals surface area (Å²) in [6.45, 7) is 4.41. The molecule has 0 spiro atoms. The highest BCUT2D eigenvalue weighted by Gasteiger charge is 2.14. The third-order valence-electron chi connectivity index (χ3n) is 3.49. The van der Waals surface area contributed by atoms with Gasteiger partial charge in [0.25, 0.3) is 5.91 Å². The molecule has 1 heterocycles. The molecule has 2 rings (SSSR count). The van der Waals surface area contributed by atoms with E-state index in [1.54, 1.807) is 24.5 Å². The van der Waals surface area contributed by atoms with Gasteiger partial charge in [0.05, 0.1) is 17.6 Å². The van der Waals surface area contributed by atoms with Crippen molar-refractivity contribution in [3.05, 3.63) is 54.4 Å². The number of aromatic nitrogens is 1. The van der Waals surface area contributed by atoms with Gasteiger partial charge in [0.1, 0.15) is 11.9 Å². The summed E-state index contributed by atoms with van der Waals surface area (Å²) in [5.41, 5.74) is 0.382. The Morgan fingerprint density at radius 3 is 2.58 bits per heavy atom. The molecule has 0 radical (unpaired) electrons. The molecule has 1 aromatic heterocycles. The first-order valence-electron chi connectivity index (χ1n) is 8.37. The van der Waals surface area contributed by atoms with Crippen LogP contribution in [0.5, 0.6) is 5.75 Å². The molecule has 1 atom stereocenters. The number of hydrogen-bond acceptors (Lipinski definition) is 5. The molecule has 1 aromatic carbocycles. The van der Waals surface area contributed by atoms with E-state index in [1.807, 2.05) is 13.8 Å². The van der Waals surface area contributed by atoms with Crippen LogP contribution in [0, 0.1) is 0 Å². The minimum absolute atomic E-state index is 0.135. The molecule has 0 aliphatic rings. The maximum atomic E-state index is 12.2. The minimum atomic E-state index is -3.53. The van der Waals surface area contributed by atoms with Gasteiger partial charge in [-0.3, -0.25) is 9.78 Å². The third kappa shape index (κ3) is 5.82. The maximum absolute atomic E-state index is 12.2. The highest BCUT2D eigenvalue weighted by Crippen LogP contribution is 2.11. The molecule has 1 unspecified atom stereocenters. The van der Waals surface area contributed by atoms with Crippen molar-refractivity contribution in [2.24, 2.45) is 0 Å². The van der Waals surface area contributed by atoms with Crippen molar-refractivity contribution in [1.82, 2.24) is 15.0 Å². The summed E-state index contributed by atoms with van der Waals surface area (Å²) in [7, 11) is -3.53. The highest BCUT2D eigenvalue weighted by atomic mass is 32.2. The van der Waals surface area contributed by atoms with Crippen LogP contribution in [0.2, 0.25) is 0 Å². The molecule has 2 aromatic rings. The topological polar surface area (TPSA) is 97.4 Å². The second-order valence-corrected chi connectivity index (χ2v) is 7.52. The van der Waals surface area contributed by atoms with Gasteiger partial charge >= 0.3 is 0 Å². The molecule has 8 heteroatoms. The van der Waals surface area contributed by atoms with Crippen molar-refractivity contribution in [3.63, 3.8) is 0 Å². The molecule has 0 saturated carbocycles. The van der Waals surface area contributed by atoms with E-state index < -0.39 is 10.0 Å². The van der Waals surface area contributed by atoms with Crippen LogP contribution in [-0.2, 0) is 10.0 Å². The first kappa shape index (κ1) is 19.9. The monoisotopic (exact) mass is 377 g/mol. The number of carbonyl (C=O) groups is 1. The Hall–Kier alpha value is -2.45. The Labute approximate surface area is 153 Å². The van der Waals surface area contributed by atoms with Crippen LogP contribution in [0.25, 0.3) is 0 Å². The van der Waals surface area contributed by atoms with Gasteiger partial charge in [0, 0.05) is 18.3 Å². The van der Waals surface area contributed by atoms with Crippen LogP contribution in [0.15, 0.2) is 53.7 Å². The summed E-state index contributed by atoms with van der Waals surface area (Å²) >= 11 is 0. The zero-order chi connectivity index (χ0) is 19.0. The second-order valence-electron chi connectivity index (χ2n) is 5.75. The van der Waals surface area contributed by atoms with Crippen molar-refractivity contribution in [2.75, 3.05) is 13.1 Å². The van der Waals surface area contributed by atoms with E-state index in [2.05, 4.69) is 15.0 Å². The number of rotatable bonds is 9. The molecule has 26 heavy (non-hydrogen) atoms. The van der Waals surface area contributed by atoms with Gasteiger partial charge in [0.2, 0.25) is 10.0 Å². The van der Waals surface area contributed by atoms with E-state index >= 15 is 0 Å². The van der Waals surface area contributed by atoms with Crippen LogP contribution < -0.4 is 14.8 Å². The van der Waals surface area contributed by atoms with E-state index in [4.69, 9.17) is 4.74 Å². The van der Waals surface area contributed by atoms with Gasteiger partial charge in [-0.15, -0.1) is 0 Å². The number of hydrogen-bond donors (Lipinski definition) is 2. The molecule has 1 amide bonds. The summed E-state index contributed by atoms with van der Waals surface area (Å²) in [6.07, 6.45) is 3.73. The third-order valence-corrected chi connectivity index (χ3v) is 4.97. The molecule has 2 N–H and O–H groups in total. The van der Waals surface area contributed by atoms with E-state index in [0.29, 0.717) is 30.8 Å². The molecule has 0 saturated heterocycles. The van der Waals surface area contributed by atoms with Crippen molar-refractivity contribution in [1.29, 1.82) is 0 Å². The highest BCUT2D eigenvalue weighted by molar-refractivity contribution is 7.89. The fourth-order valence-corrected chi connectivity index (χ4v) is 3.27. The SMILES string of the molecule is CCCNS(=O)(=O)c1ccc(C(=O)NCC(C)Oc2cccnc2)cc1. The van der Waals surface area contributed by atoms with Crippen LogP contribution >= 0.6 is 0 Å². The average Bonchev–Trinajstić information content (AvgIpc) is 2.65. The van der Waals surface area contributed by atoms with Gasteiger partial charge in [0.15, 0.2) is 0 Å². The molecule has 0 bridgehead atoms. The maximum Gasteiger partial charge on any atom is 0.251 e. The lowest BCUT2D eigenvalue weighted by Gasteiger charge is -2.15. The summed E-state index contributed by atoms with van der Waals surface area (Å²) < 4.78 is 32.2. The van der Waals surface area contributed by atoms with Crippen LogP contribution in [-0.4, -0.2) is 38.5 Å². The van der Waals surface area contributed by atoms with E-state index in [-0.39, 0.29) is 16.9 Å². The van der Waals surface area contributed by atoms with Crippen molar-refractivity contribution in [2.45, 2.75) is 31.3 Å². The molecule has 0 aliphatic carbocycles. The largest absolute Gasteiger partial charge is 0.487 e. The number of sulfonamides is 1. The lowest BCUT2D eigenvalue weighted by atomic mass is 10.2. The van der Waals surface area contributed by atoms with Crippen molar-refractivity contribution >= 4 is 15.9 Å². The molecular formula is C18H23N3O4S. The van der Waals surface area contributed by atoms with Gasteiger partial charge in [-0.25, -0.2) is 13.1 Å². The standard InChI is InChI=1S/C18H23N3O4S/c1-3-10-21-26(23,24)17-8-6-15(7-9-17)18(22)20-12-14(2)25-16-5-4-11-19-13-16/h4-9,11,13-14,21H,3,10,12H2,1-2H3,(H,20,22). The van der Waals surface area contributed by atoms with Gasteiger partial charge in [-0.05, 0) is 49.7 Å². The van der Waals surface area contributed by atoms with Gasteiger partial charge in [-0.1, -0.05) is 6.92 Å². The Kier molecular flexibility index (Phi) is 7.11. The lowest BCUT2D eigenvalue weighted by molar-refractivity contribution is 0.0932. The van der Waals surface area contributed by atoms with Crippen LogP contribution in [0.4, 0.5) is 0 Å². The fraction of sp³-hybridized carbons (Fsp3) is 0.333. The first-order chi connectivity index (χ1) is 12.4. The number of carbonyl (C=O) groups excluding carboxylic acids is 1. The molecule has 7 nitrogen and oxygen atoms in total. The van der Waals surface area contributed by atoms with Gasteiger partial charge < -0.3 is 10.1 Å². The first-order valence-corrected chi connectivity index (χ1v) is 9.85. The Balaban J connectivity index is 1.89. The van der Waals surface area contributed by atoms with Crippen molar-refractivity contribution < 1.29 is 17.9 Å². The number of ether oxygens (including phenoxy) is 1. The summed E-state index contributed by atoms with van der Waals surface area (Å²) in [4.78, 5) is 16.3. The summed E-state index contributed by atoms with van der Waals surface area (Å²) in [5, 5.41) is 2.76. The molecular weight excluding hydrogens is 354 g/mol. The lowest BCUT2D eigenvalue weighted by Crippen LogP contribution is -2.33. The predicted octanol–water partition coefficient (Wildman–Crippen LogP) is 1.97. The van der Waals surface area contributed by atoms with Crippen LogP contribution in [0.1, 0.15) is 30.6 Å². The number of benzene rings is 1. The summed E-state index contributed by atoms with van der Waals surface area (Å²) in [5.74, 6) is 0.334. The number of nitrogens with one attached hydrogen (secondary N) is 2. The normalized spacial score (nSPS) is 12.4. The smallest absolute Gasteiger partial charge is 0.251 e. The molecule has 140 valence electrons.